The van der Waals surface area contributed by atoms with Gasteiger partial charge in [-0.3, -0.25) is 0 Å². The lowest BCUT2D eigenvalue weighted by Gasteiger charge is -2.08. The van der Waals surface area contributed by atoms with E-state index in [-0.39, 0.29) is 0 Å². The van der Waals surface area contributed by atoms with Crippen LogP contribution in [0.2, 0.25) is 0 Å². The number of nitrogen functional groups attached to an aromatic ring is 1. The Morgan fingerprint density at radius 2 is 1.95 bits per heavy atom. The van der Waals surface area contributed by atoms with Gasteiger partial charge in [-0.25, -0.2) is 9.97 Å². The van der Waals surface area contributed by atoms with Crippen LogP contribution in [0.25, 0.3) is 0 Å². The summed E-state index contributed by atoms with van der Waals surface area (Å²) in [5.74, 6) is 1.95. The summed E-state index contributed by atoms with van der Waals surface area (Å²) in [7, 11) is 1.65. The lowest BCUT2D eigenvalue weighted by Crippen LogP contribution is -2.07. The lowest BCUT2D eigenvalue weighted by atomic mass is 10.2. The molecule has 1 heterocycles. The third kappa shape index (κ3) is 4.07. The molecule has 0 unspecified atom stereocenters. The van der Waals surface area contributed by atoms with Crippen LogP contribution in [0.1, 0.15) is 17.1 Å². The van der Waals surface area contributed by atoms with Crippen molar-refractivity contribution >= 4 is 40.2 Å². The molecule has 6 heteroatoms. The minimum atomic E-state index is 0.452. The van der Waals surface area contributed by atoms with E-state index in [1.54, 1.807) is 18.9 Å². The Morgan fingerprint density at radius 1 is 1.25 bits per heavy atom. The normalized spacial score (nSPS) is 10.8. The maximum absolute atomic E-state index is 5.92. The molecule has 0 amide bonds. The topological polar surface area (TPSA) is 61.0 Å². The minimum Gasteiger partial charge on any atom is -0.383 e. The number of thioether (sulfide) groups is 1. The summed E-state index contributed by atoms with van der Waals surface area (Å²) in [4.78, 5) is 10.0. The average Bonchev–Trinajstić information content (AvgIpc) is 2.44. The molecule has 1 aromatic heterocycles. The molecule has 0 atom stereocenters. The molecule has 0 bridgehead atoms. The van der Waals surface area contributed by atoms with Gasteiger partial charge in [0, 0.05) is 12.0 Å². The molecule has 2 aromatic rings. The smallest absolute Gasteiger partial charge is 0.141 e. The van der Waals surface area contributed by atoms with Crippen LogP contribution in [0.15, 0.2) is 29.2 Å². The summed E-state index contributed by atoms with van der Waals surface area (Å²) in [6.07, 6.45) is 0. The third-order valence-corrected chi connectivity index (χ3v) is 4.85. The highest BCUT2D eigenvalue weighted by Gasteiger charge is 2.10. The van der Waals surface area contributed by atoms with E-state index in [1.807, 2.05) is 0 Å². The summed E-state index contributed by atoms with van der Waals surface area (Å²) >= 11 is 3.85. The molecule has 0 radical (unpaired) electrons. The number of hydrogen-bond donors (Lipinski definition) is 1. The number of anilines is 1. The first kappa shape index (κ1) is 15.5. The highest BCUT2D eigenvalue weighted by atomic mass is 127. The zero-order chi connectivity index (χ0) is 14.5. The van der Waals surface area contributed by atoms with Crippen molar-refractivity contribution in [3.63, 3.8) is 0 Å². The molecule has 2 N–H and O–H groups in total. The third-order valence-electron chi connectivity index (χ3n) is 2.66. The zero-order valence-corrected chi connectivity index (χ0v) is 14.4. The summed E-state index contributed by atoms with van der Waals surface area (Å²) in [6, 6.07) is 8.40. The van der Waals surface area contributed by atoms with Gasteiger partial charge < -0.3 is 10.5 Å². The fourth-order valence-electron chi connectivity index (χ4n) is 1.65. The lowest BCUT2D eigenvalue weighted by molar-refractivity contribution is 0.180. The second-order valence-electron chi connectivity index (χ2n) is 4.32. The van der Waals surface area contributed by atoms with Crippen molar-refractivity contribution in [3.8, 4) is 0 Å². The maximum atomic E-state index is 5.92. The molecular formula is C14H16IN3OS. The van der Waals surface area contributed by atoms with Crippen LogP contribution in [0.4, 0.5) is 5.82 Å². The van der Waals surface area contributed by atoms with Gasteiger partial charge in [-0.1, -0.05) is 17.7 Å². The van der Waals surface area contributed by atoms with Crippen LogP contribution >= 0.6 is 34.4 Å². The van der Waals surface area contributed by atoms with E-state index >= 15 is 0 Å². The highest BCUT2D eigenvalue weighted by molar-refractivity contribution is 14.1. The van der Waals surface area contributed by atoms with Gasteiger partial charge in [-0.2, -0.15) is 0 Å². The first-order chi connectivity index (χ1) is 9.60. The van der Waals surface area contributed by atoms with Crippen LogP contribution < -0.4 is 5.73 Å². The minimum absolute atomic E-state index is 0.452. The van der Waals surface area contributed by atoms with Gasteiger partial charge in [0.15, 0.2) is 0 Å². The van der Waals surface area contributed by atoms with Crippen molar-refractivity contribution in [2.24, 2.45) is 0 Å². The van der Waals surface area contributed by atoms with Gasteiger partial charge in [0.25, 0.3) is 0 Å². The molecule has 0 aliphatic carbocycles. The Balaban J connectivity index is 2.11. The van der Waals surface area contributed by atoms with E-state index in [1.165, 1.54) is 10.5 Å². The number of nitrogens with zero attached hydrogens (tertiary/aromatic N) is 2. The van der Waals surface area contributed by atoms with Crippen molar-refractivity contribution in [2.45, 2.75) is 24.2 Å². The van der Waals surface area contributed by atoms with E-state index < -0.39 is 0 Å². The van der Waals surface area contributed by atoms with Crippen molar-refractivity contribution in [3.05, 3.63) is 44.9 Å². The molecule has 20 heavy (non-hydrogen) atoms. The van der Waals surface area contributed by atoms with Crippen LogP contribution in [0.3, 0.4) is 0 Å². The van der Waals surface area contributed by atoms with E-state index in [4.69, 9.17) is 10.5 Å². The Kier molecular flexibility index (Phi) is 5.62. The maximum Gasteiger partial charge on any atom is 0.141 e. The van der Waals surface area contributed by atoms with Gasteiger partial charge in [0.05, 0.1) is 21.6 Å². The summed E-state index contributed by atoms with van der Waals surface area (Å²) in [5, 5.41) is 0. The summed E-state index contributed by atoms with van der Waals surface area (Å²) < 4.78 is 6.01. The first-order valence-electron chi connectivity index (χ1n) is 6.09. The van der Waals surface area contributed by atoms with Gasteiger partial charge >= 0.3 is 0 Å². The van der Waals surface area contributed by atoms with Crippen molar-refractivity contribution < 1.29 is 4.74 Å². The Hall–Kier alpha value is -0.860. The molecule has 0 saturated carbocycles. The van der Waals surface area contributed by atoms with Crippen molar-refractivity contribution in [1.29, 1.82) is 0 Å². The predicted octanol–water partition coefficient (Wildman–Crippen LogP) is 3.41. The zero-order valence-electron chi connectivity index (χ0n) is 11.4. The van der Waals surface area contributed by atoms with Gasteiger partial charge in [0.1, 0.15) is 11.6 Å². The quantitative estimate of drug-likeness (QED) is 0.615. The monoisotopic (exact) mass is 401 g/mol. The summed E-state index contributed by atoms with van der Waals surface area (Å²) in [5.41, 5.74) is 8.02. The van der Waals surface area contributed by atoms with Crippen molar-refractivity contribution in [2.75, 3.05) is 12.8 Å². The van der Waals surface area contributed by atoms with Gasteiger partial charge in [-0.05, 0) is 41.6 Å². The molecule has 2 rings (SSSR count). The number of nitrogens with two attached hydrogens (primary N) is 1. The molecule has 0 aliphatic heterocycles. The Labute approximate surface area is 136 Å². The number of rotatable bonds is 5. The number of benzene rings is 1. The van der Waals surface area contributed by atoms with Crippen LogP contribution in [-0.2, 0) is 17.1 Å². The second kappa shape index (κ2) is 7.24. The molecule has 0 aliphatic rings. The van der Waals surface area contributed by atoms with E-state index in [2.05, 4.69) is 63.7 Å². The number of aromatic nitrogens is 2. The van der Waals surface area contributed by atoms with E-state index in [9.17, 15) is 0 Å². The average molecular weight is 401 g/mol. The molecule has 0 spiro atoms. The predicted molar refractivity (Wildman–Crippen MR) is 90.6 cm³/mol. The molecule has 0 fully saturated rings. The fourth-order valence-corrected chi connectivity index (χ4v) is 2.80. The Morgan fingerprint density at radius 3 is 2.60 bits per heavy atom. The summed E-state index contributed by atoms with van der Waals surface area (Å²) in [6.45, 7) is 2.53. The largest absolute Gasteiger partial charge is 0.383 e. The first-order valence-corrected chi connectivity index (χ1v) is 8.15. The van der Waals surface area contributed by atoms with Gasteiger partial charge in [0.2, 0.25) is 0 Å². The second-order valence-corrected chi connectivity index (χ2v) is 6.45. The van der Waals surface area contributed by atoms with Crippen LogP contribution in [0.5, 0.6) is 0 Å². The fraction of sp³-hybridized carbons (Fsp3) is 0.286. The molecule has 1 aromatic carbocycles. The van der Waals surface area contributed by atoms with Gasteiger partial charge in [-0.15, -0.1) is 11.8 Å². The number of hydrogen-bond acceptors (Lipinski definition) is 5. The highest BCUT2D eigenvalue weighted by Crippen LogP contribution is 2.24. The standard InChI is InChI=1S/C14H16IN3OS/c1-9-3-5-10(6-4-9)20-8-12-17-11(7-19-2)13(15)14(16)18-12/h3-6H,7-8H2,1-2H3,(H2,16,17,18). The van der Waals surface area contributed by atoms with E-state index in [0.29, 0.717) is 18.2 Å². The number of methoxy groups -OCH3 is 1. The van der Waals surface area contributed by atoms with Crippen molar-refractivity contribution in [1.82, 2.24) is 9.97 Å². The van der Waals surface area contributed by atoms with Crippen LogP contribution in [-0.4, -0.2) is 17.1 Å². The Bertz CT molecular complexity index is 590. The number of ether oxygens (including phenoxy) is 1. The number of aryl methyl sites for hydroxylation is 1. The van der Waals surface area contributed by atoms with Crippen LogP contribution in [0, 0.1) is 10.5 Å². The molecule has 106 valence electrons. The molecular weight excluding hydrogens is 385 g/mol. The van der Waals surface area contributed by atoms with E-state index in [0.717, 1.165) is 15.1 Å². The molecule has 0 saturated heterocycles. The molecule has 4 nitrogen and oxygen atoms in total. The SMILES string of the molecule is COCc1nc(CSc2ccc(C)cc2)nc(N)c1I. The number of halogens is 1.